The minimum absolute atomic E-state index is 0.0936. The van der Waals surface area contributed by atoms with Crippen LogP contribution in [0.1, 0.15) is 13.3 Å². The Bertz CT molecular complexity index is 897. The molecule has 0 aromatic heterocycles. The summed E-state index contributed by atoms with van der Waals surface area (Å²) in [4.78, 5) is 35.9. The zero-order chi connectivity index (χ0) is 23.7. The summed E-state index contributed by atoms with van der Waals surface area (Å²) in [5.41, 5.74) is -5.65. The largest absolute Gasteiger partial charge is 0.748 e. The molecule has 9 nitrogen and oxygen atoms in total. The lowest BCUT2D eigenvalue weighted by molar-refractivity contribution is -0.362. The van der Waals surface area contributed by atoms with Crippen molar-refractivity contribution in [3.63, 3.8) is 0 Å². The minimum Gasteiger partial charge on any atom is -0.748 e. The summed E-state index contributed by atoms with van der Waals surface area (Å²) >= 11 is 0. The summed E-state index contributed by atoms with van der Waals surface area (Å²) in [6, 6.07) is 0. The first-order chi connectivity index (χ1) is 13.9. The molecule has 1 heterocycles. The average molecular weight is 483 g/mol. The lowest BCUT2D eigenvalue weighted by Gasteiger charge is -2.39. The molecule has 3 rings (SSSR count). The average Bonchev–Trinajstić information content (AvgIpc) is 3.13. The van der Waals surface area contributed by atoms with Crippen molar-refractivity contribution < 1.29 is 67.9 Å². The lowest BCUT2D eigenvalue weighted by atomic mass is 9.78. The number of hydrogen-bond donors (Lipinski definition) is 0. The molecule has 3 fully saturated rings. The van der Waals surface area contributed by atoms with Crippen LogP contribution in [-0.2, 0) is 38.7 Å². The number of alkyl halides is 6. The third-order valence-corrected chi connectivity index (χ3v) is 6.45. The van der Waals surface area contributed by atoms with Gasteiger partial charge in [-0.15, -0.1) is 0 Å². The maximum Gasteiger partial charge on any atom is 0.438 e. The Morgan fingerprint density at radius 1 is 1.13 bits per heavy atom. The Kier molecular flexibility index (Phi) is 5.28. The summed E-state index contributed by atoms with van der Waals surface area (Å²) in [5.74, 6) is -12.8. The number of esters is 3. The number of ether oxygens (including phenoxy) is 3. The van der Waals surface area contributed by atoms with Crippen molar-refractivity contribution in [2.45, 2.75) is 43.5 Å². The molecule has 0 aromatic rings. The molecule has 1 aliphatic heterocycles. The van der Waals surface area contributed by atoms with Crippen LogP contribution in [0.2, 0.25) is 0 Å². The van der Waals surface area contributed by atoms with Gasteiger partial charge < -0.3 is 18.8 Å². The molecule has 2 bridgehead atoms. The number of rotatable bonds is 5. The second-order valence-corrected chi connectivity index (χ2v) is 8.94. The van der Waals surface area contributed by atoms with Gasteiger partial charge in [-0.1, -0.05) is 0 Å². The normalized spacial score (nSPS) is 32.7. The Morgan fingerprint density at radius 2 is 1.68 bits per heavy atom. The summed E-state index contributed by atoms with van der Waals surface area (Å²) in [5, 5.41) is 0. The smallest absolute Gasteiger partial charge is 0.438 e. The Morgan fingerprint density at radius 3 is 2.13 bits per heavy atom. The lowest BCUT2D eigenvalue weighted by Crippen LogP contribution is -2.64. The van der Waals surface area contributed by atoms with Crippen LogP contribution in [-0.4, -0.2) is 66.8 Å². The maximum absolute atomic E-state index is 13.4. The van der Waals surface area contributed by atoms with Crippen LogP contribution in [0, 0.1) is 23.7 Å². The molecule has 31 heavy (non-hydrogen) atoms. The second-order valence-electron chi connectivity index (χ2n) is 7.54. The van der Waals surface area contributed by atoms with Crippen molar-refractivity contribution >= 4 is 28.0 Å². The zero-order valence-electron chi connectivity index (χ0n) is 15.2. The van der Waals surface area contributed by atoms with Gasteiger partial charge in [0.15, 0.2) is 0 Å². The van der Waals surface area contributed by atoms with E-state index < -0.39 is 87.6 Å². The van der Waals surface area contributed by atoms with E-state index in [1.807, 2.05) is 0 Å². The van der Waals surface area contributed by atoms with E-state index in [2.05, 4.69) is 4.74 Å². The molecule has 0 amide bonds. The van der Waals surface area contributed by atoms with E-state index in [9.17, 15) is 53.7 Å². The zero-order valence-corrected chi connectivity index (χ0v) is 16.0. The van der Waals surface area contributed by atoms with Crippen molar-refractivity contribution in [2.75, 3.05) is 5.75 Å². The minimum atomic E-state index is -6.54. The molecule has 176 valence electrons. The highest BCUT2D eigenvalue weighted by molar-refractivity contribution is 7.85. The van der Waals surface area contributed by atoms with Gasteiger partial charge in [-0.3, -0.25) is 14.4 Å². The topological polar surface area (TPSA) is 136 Å². The van der Waals surface area contributed by atoms with Gasteiger partial charge in [-0.25, -0.2) is 8.42 Å². The van der Waals surface area contributed by atoms with Gasteiger partial charge in [-0.05, 0) is 6.42 Å². The molecule has 6 unspecified atom stereocenters. The van der Waals surface area contributed by atoms with Crippen LogP contribution in [0.4, 0.5) is 26.3 Å². The fourth-order valence-corrected chi connectivity index (χ4v) is 5.50. The highest BCUT2D eigenvalue weighted by atomic mass is 32.2. The Hall–Kier alpha value is -2.10. The third kappa shape index (κ3) is 3.72. The van der Waals surface area contributed by atoms with E-state index in [-0.39, 0.29) is 6.42 Å². The summed E-state index contributed by atoms with van der Waals surface area (Å²) in [6.07, 6.45) is -15.5. The number of hydrogen-bond acceptors (Lipinski definition) is 9. The van der Waals surface area contributed by atoms with Crippen LogP contribution < -0.4 is 0 Å². The van der Waals surface area contributed by atoms with Crippen molar-refractivity contribution in [1.29, 1.82) is 0 Å². The van der Waals surface area contributed by atoms with Crippen molar-refractivity contribution in [1.82, 2.24) is 0 Å². The standard InChI is InChI=1S/C15H14F6O9S/c1-4(22)28-9-6-2-5-7(11(23)29-10(5)9)8(6)12(24)30-13(14(16,17)18,15(19,20)21)3-31(25,26)27/h5-10H,2-3H2,1H3,(H,25,26,27)/p-1. The number of halogens is 6. The van der Waals surface area contributed by atoms with Crippen LogP contribution in [0.25, 0.3) is 0 Å². The van der Waals surface area contributed by atoms with Gasteiger partial charge in [0.2, 0.25) is 0 Å². The molecular formula is C15H13F6O9S-. The molecule has 0 aromatic carbocycles. The highest BCUT2D eigenvalue weighted by Crippen LogP contribution is 2.59. The molecule has 2 aliphatic carbocycles. The molecular weight excluding hydrogens is 470 g/mol. The monoisotopic (exact) mass is 483 g/mol. The first-order valence-corrected chi connectivity index (χ1v) is 10.1. The van der Waals surface area contributed by atoms with Crippen molar-refractivity contribution in [3.05, 3.63) is 0 Å². The van der Waals surface area contributed by atoms with Crippen molar-refractivity contribution in [3.8, 4) is 0 Å². The molecule has 16 heteroatoms. The molecule has 3 aliphatic rings. The van der Waals surface area contributed by atoms with E-state index in [1.165, 1.54) is 0 Å². The first-order valence-electron chi connectivity index (χ1n) is 8.57. The van der Waals surface area contributed by atoms with Gasteiger partial charge in [0.1, 0.15) is 12.2 Å². The quantitative estimate of drug-likeness (QED) is 0.239. The van der Waals surface area contributed by atoms with Crippen LogP contribution in [0.3, 0.4) is 0 Å². The molecule has 0 radical (unpaired) electrons. The molecule has 1 saturated heterocycles. The van der Waals surface area contributed by atoms with E-state index >= 15 is 0 Å². The molecule has 0 N–H and O–H groups in total. The predicted molar refractivity (Wildman–Crippen MR) is 79.5 cm³/mol. The van der Waals surface area contributed by atoms with Crippen LogP contribution in [0.15, 0.2) is 0 Å². The van der Waals surface area contributed by atoms with Gasteiger partial charge in [0, 0.05) is 18.8 Å². The molecule has 6 atom stereocenters. The highest BCUT2D eigenvalue weighted by Gasteiger charge is 2.77. The fraction of sp³-hybridized carbons (Fsp3) is 0.800. The maximum atomic E-state index is 13.4. The summed E-state index contributed by atoms with van der Waals surface area (Å²) in [6.45, 7) is 0.949. The number of fused-ring (bicyclic) bond motifs is 1. The van der Waals surface area contributed by atoms with Crippen LogP contribution >= 0.6 is 0 Å². The van der Waals surface area contributed by atoms with Gasteiger partial charge in [0.05, 0.1) is 27.7 Å². The Labute approximate surface area is 169 Å². The SMILES string of the molecule is CC(=O)OC1C2CC3C1OC(=O)C3C2C(=O)OC(CS(=O)(=O)[O-])(C(F)(F)F)C(F)(F)F. The summed E-state index contributed by atoms with van der Waals surface area (Å²) in [7, 11) is -6.20. The van der Waals surface area contributed by atoms with E-state index in [1.54, 1.807) is 0 Å². The van der Waals surface area contributed by atoms with E-state index in [4.69, 9.17) is 9.47 Å². The van der Waals surface area contributed by atoms with Gasteiger partial charge in [0.25, 0.3) is 0 Å². The van der Waals surface area contributed by atoms with E-state index in [0.717, 1.165) is 6.92 Å². The predicted octanol–water partition coefficient (Wildman–Crippen LogP) is 0.677. The third-order valence-electron chi connectivity index (χ3n) is 5.69. The van der Waals surface area contributed by atoms with E-state index in [0.29, 0.717) is 0 Å². The fourth-order valence-electron chi connectivity index (χ4n) is 4.62. The molecule has 0 spiro atoms. The number of carbonyl (C=O) groups excluding carboxylic acids is 3. The summed E-state index contributed by atoms with van der Waals surface area (Å²) < 4.78 is 126. The van der Waals surface area contributed by atoms with Gasteiger partial charge in [-0.2, -0.15) is 26.3 Å². The van der Waals surface area contributed by atoms with Gasteiger partial charge >= 0.3 is 35.9 Å². The number of carbonyl (C=O) groups is 3. The second kappa shape index (κ2) is 6.95. The first kappa shape index (κ1) is 23.6. The van der Waals surface area contributed by atoms with Crippen LogP contribution in [0.5, 0.6) is 0 Å². The van der Waals surface area contributed by atoms with Crippen molar-refractivity contribution in [2.24, 2.45) is 23.7 Å². The Balaban J connectivity index is 2.00. The molecule has 2 saturated carbocycles.